The molecular weight excluding hydrogens is 436 g/mol. The number of carbonyl (C=O) groups is 1. The van der Waals surface area contributed by atoms with Crippen molar-refractivity contribution in [1.82, 2.24) is 15.0 Å². The Morgan fingerprint density at radius 3 is 2.72 bits per heavy atom. The van der Waals surface area contributed by atoms with Gasteiger partial charge in [-0.05, 0) is 37.6 Å². The summed E-state index contributed by atoms with van der Waals surface area (Å²) >= 11 is 5.87. The van der Waals surface area contributed by atoms with Crippen LogP contribution in [0.3, 0.4) is 0 Å². The SMILES string of the molecule is CCC(C)N(CCc1nc(-c2cccc([N+](=O)[O-])c2)no1)C(=O)COc1ccc(Cl)cc1. The van der Waals surface area contributed by atoms with E-state index < -0.39 is 4.92 Å². The van der Waals surface area contributed by atoms with Crippen LogP contribution in [0.1, 0.15) is 26.2 Å². The number of rotatable bonds is 10. The van der Waals surface area contributed by atoms with E-state index in [4.69, 9.17) is 20.9 Å². The van der Waals surface area contributed by atoms with Crippen LogP contribution in [0.4, 0.5) is 5.69 Å². The molecule has 2 aromatic carbocycles. The first-order chi connectivity index (χ1) is 15.4. The minimum atomic E-state index is -0.480. The van der Waals surface area contributed by atoms with Gasteiger partial charge in [0.15, 0.2) is 6.61 Å². The molecule has 0 aliphatic heterocycles. The van der Waals surface area contributed by atoms with Gasteiger partial charge in [-0.2, -0.15) is 4.98 Å². The Labute approximate surface area is 190 Å². The van der Waals surface area contributed by atoms with Crippen molar-refractivity contribution in [3.8, 4) is 17.1 Å². The second-order valence-corrected chi connectivity index (χ2v) is 7.59. The van der Waals surface area contributed by atoms with Crippen molar-refractivity contribution in [3.05, 3.63) is 69.6 Å². The zero-order valence-electron chi connectivity index (χ0n) is 17.7. The van der Waals surface area contributed by atoms with E-state index in [9.17, 15) is 14.9 Å². The van der Waals surface area contributed by atoms with E-state index in [1.165, 1.54) is 12.1 Å². The van der Waals surface area contributed by atoms with E-state index in [0.717, 1.165) is 6.42 Å². The van der Waals surface area contributed by atoms with E-state index in [2.05, 4.69) is 10.1 Å². The van der Waals surface area contributed by atoms with Gasteiger partial charge in [-0.25, -0.2) is 0 Å². The summed E-state index contributed by atoms with van der Waals surface area (Å²) in [4.78, 5) is 29.3. The van der Waals surface area contributed by atoms with E-state index in [1.54, 1.807) is 41.3 Å². The first-order valence-corrected chi connectivity index (χ1v) is 10.5. The number of aromatic nitrogens is 2. The Bertz CT molecular complexity index is 1070. The Morgan fingerprint density at radius 2 is 2.03 bits per heavy atom. The summed E-state index contributed by atoms with van der Waals surface area (Å²) in [6.45, 7) is 4.23. The van der Waals surface area contributed by atoms with Gasteiger partial charge < -0.3 is 14.2 Å². The van der Waals surface area contributed by atoms with Crippen molar-refractivity contribution in [2.45, 2.75) is 32.7 Å². The molecule has 3 rings (SSSR count). The Hall–Kier alpha value is -3.46. The van der Waals surface area contributed by atoms with Gasteiger partial charge in [0.25, 0.3) is 11.6 Å². The molecule has 0 bridgehead atoms. The topological polar surface area (TPSA) is 112 Å². The minimum Gasteiger partial charge on any atom is -0.484 e. The Kier molecular flexibility index (Phi) is 7.77. The smallest absolute Gasteiger partial charge is 0.270 e. The van der Waals surface area contributed by atoms with Crippen molar-refractivity contribution < 1.29 is 19.0 Å². The molecule has 0 spiro atoms. The number of nitrogens with zero attached hydrogens (tertiary/aromatic N) is 4. The molecule has 3 aromatic rings. The van der Waals surface area contributed by atoms with Crippen LogP contribution in [0.5, 0.6) is 5.75 Å². The highest BCUT2D eigenvalue weighted by molar-refractivity contribution is 6.30. The van der Waals surface area contributed by atoms with Crippen LogP contribution in [0, 0.1) is 10.1 Å². The van der Waals surface area contributed by atoms with Crippen LogP contribution in [0.2, 0.25) is 5.02 Å². The summed E-state index contributed by atoms with van der Waals surface area (Å²) in [6, 6.07) is 12.8. The van der Waals surface area contributed by atoms with Crippen molar-refractivity contribution in [1.29, 1.82) is 0 Å². The largest absolute Gasteiger partial charge is 0.484 e. The number of nitro benzene ring substituents is 1. The number of nitro groups is 1. The molecule has 1 heterocycles. The zero-order valence-corrected chi connectivity index (χ0v) is 18.5. The molecule has 1 atom stereocenters. The van der Waals surface area contributed by atoms with Gasteiger partial charge >= 0.3 is 0 Å². The molecule has 168 valence electrons. The summed E-state index contributed by atoms with van der Waals surface area (Å²) in [5.41, 5.74) is 0.434. The number of hydrogen-bond donors (Lipinski definition) is 0. The van der Waals surface area contributed by atoms with Gasteiger partial charge in [0.05, 0.1) is 4.92 Å². The van der Waals surface area contributed by atoms with Crippen LogP contribution >= 0.6 is 11.6 Å². The van der Waals surface area contributed by atoms with Crippen LogP contribution in [-0.4, -0.2) is 45.1 Å². The third-order valence-corrected chi connectivity index (χ3v) is 5.22. The summed E-state index contributed by atoms with van der Waals surface area (Å²) in [6.07, 6.45) is 1.12. The van der Waals surface area contributed by atoms with Gasteiger partial charge in [0, 0.05) is 41.7 Å². The van der Waals surface area contributed by atoms with Gasteiger partial charge in [0.1, 0.15) is 5.75 Å². The predicted molar refractivity (Wildman–Crippen MR) is 119 cm³/mol. The van der Waals surface area contributed by atoms with Crippen molar-refractivity contribution in [3.63, 3.8) is 0 Å². The normalized spacial score (nSPS) is 11.7. The second-order valence-electron chi connectivity index (χ2n) is 7.16. The standard InChI is InChI=1S/C22H23ClN4O5/c1-3-15(2)26(21(28)14-31-19-9-7-17(23)8-10-19)12-11-20-24-22(25-32-20)16-5-4-6-18(13-16)27(29)30/h4-10,13,15H,3,11-12,14H2,1-2H3. The summed E-state index contributed by atoms with van der Waals surface area (Å²) in [5, 5.41) is 15.5. The van der Waals surface area contributed by atoms with Gasteiger partial charge in [0.2, 0.25) is 11.7 Å². The zero-order chi connectivity index (χ0) is 23.1. The fourth-order valence-electron chi connectivity index (χ4n) is 3.02. The van der Waals surface area contributed by atoms with Crippen LogP contribution in [0.15, 0.2) is 53.1 Å². The molecule has 9 nitrogen and oxygen atoms in total. The summed E-state index contributed by atoms with van der Waals surface area (Å²) in [7, 11) is 0. The third-order valence-electron chi connectivity index (χ3n) is 4.97. The second kappa shape index (κ2) is 10.7. The maximum absolute atomic E-state index is 12.8. The molecule has 0 radical (unpaired) electrons. The highest BCUT2D eigenvalue weighted by atomic mass is 35.5. The predicted octanol–water partition coefficient (Wildman–Crippen LogP) is 4.55. The average molecular weight is 459 g/mol. The first kappa shape index (κ1) is 23.2. The minimum absolute atomic E-state index is 0.00418. The van der Waals surface area contributed by atoms with Crippen molar-refractivity contribution >= 4 is 23.2 Å². The fourth-order valence-corrected chi connectivity index (χ4v) is 3.14. The van der Waals surface area contributed by atoms with Crippen LogP contribution in [-0.2, 0) is 11.2 Å². The van der Waals surface area contributed by atoms with Gasteiger partial charge in [-0.15, -0.1) is 0 Å². The Morgan fingerprint density at radius 1 is 1.28 bits per heavy atom. The van der Waals surface area contributed by atoms with Crippen molar-refractivity contribution in [2.75, 3.05) is 13.2 Å². The maximum Gasteiger partial charge on any atom is 0.270 e. The highest BCUT2D eigenvalue weighted by Crippen LogP contribution is 2.22. The highest BCUT2D eigenvalue weighted by Gasteiger charge is 2.21. The number of hydrogen-bond acceptors (Lipinski definition) is 7. The number of halogens is 1. The van der Waals surface area contributed by atoms with E-state index in [0.29, 0.717) is 35.2 Å². The van der Waals surface area contributed by atoms with Gasteiger partial charge in [-0.1, -0.05) is 35.8 Å². The number of carbonyl (C=O) groups excluding carboxylic acids is 1. The van der Waals surface area contributed by atoms with Gasteiger partial charge in [-0.3, -0.25) is 14.9 Å². The molecule has 32 heavy (non-hydrogen) atoms. The lowest BCUT2D eigenvalue weighted by molar-refractivity contribution is -0.384. The first-order valence-electron chi connectivity index (χ1n) is 10.1. The molecule has 0 aliphatic rings. The molecular formula is C22H23ClN4O5. The van der Waals surface area contributed by atoms with E-state index >= 15 is 0 Å². The number of ether oxygens (including phenoxy) is 1. The third kappa shape index (κ3) is 6.04. The average Bonchev–Trinajstić information content (AvgIpc) is 3.27. The lowest BCUT2D eigenvalue weighted by Gasteiger charge is -2.28. The lowest BCUT2D eigenvalue weighted by atomic mass is 10.2. The monoisotopic (exact) mass is 458 g/mol. The Balaban J connectivity index is 1.63. The summed E-state index contributed by atoms with van der Waals surface area (Å²) in [5.74, 6) is 1.00. The van der Waals surface area contributed by atoms with E-state index in [-0.39, 0.29) is 30.1 Å². The fraction of sp³-hybridized carbons (Fsp3) is 0.318. The molecule has 1 unspecified atom stereocenters. The molecule has 0 aliphatic carbocycles. The molecule has 0 N–H and O–H groups in total. The molecule has 0 saturated heterocycles. The maximum atomic E-state index is 12.8. The quantitative estimate of drug-likeness (QED) is 0.323. The molecule has 1 aromatic heterocycles. The molecule has 10 heteroatoms. The summed E-state index contributed by atoms with van der Waals surface area (Å²) < 4.78 is 10.9. The van der Waals surface area contributed by atoms with Crippen LogP contribution < -0.4 is 4.74 Å². The number of amides is 1. The lowest BCUT2D eigenvalue weighted by Crippen LogP contribution is -2.42. The van der Waals surface area contributed by atoms with Crippen LogP contribution in [0.25, 0.3) is 11.4 Å². The molecule has 0 fully saturated rings. The molecule has 1 amide bonds. The number of benzene rings is 2. The van der Waals surface area contributed by atoms with Crippen molar-refractivity contribution in [2.24, 2.45) is 0 Å². The van der Waals surface area contributed by atoms with E-state index in [1.807, 2.05) is 13.8 Å². The number of non-ortho nitro benzene ring substituents is 1. The molecule has 0 saturated carbocycles.